The Morgan fingerprint density at radius 1 is 1.16 bits per heavy atom. The van der Waals surface area contributed by atoms with Crippen molar-refractivity contribution in [2.45, 2.75) is 26.2 Å². The smallest absolute Gasteiger partial charge is 0.222 e. The number of fused-ring (bicyclic) bond motifs is 1. The van der Waals surface area contributed by atoms with Crippen LogP contribution in [0.1, 0.15) is 25.1 Å². The molecule has 0 aliphatic carbocycles. The van der Waals surface area contributed by atoms with Crippen LogP contribution >= 0.6 is 11.8 Å². The molecule has 2 aromatic rings. The number of nitrogens with zero attached hydrogens (tertiary/aromatic N) is 6. The van der Waals surface area contributed by atoms with Crippen molar-refractivity contribution in [3.8, 4) is 0 Å². The van der Waals surface area contributed by atoms with Gasteiger partial charge in [0.1, 0.15) is 5.82 Å². The van der Waals surface area contributed by atoms with Crippen molar-refractivity contribution in [2.75, 3.05) is 42.6 Å². The van der Waals surface area contributed by atoms with Gasteiger partial charge in [0, 0.05) is 44.1 Å². The molecule has 2 aromatic heterocycles. The minimum Gasteiger partial charge on any atom is -0.355 e. The van der Waals surface area contributed by atoms with Gasteiger partial charge in [-0.2, -0.15) is 16.3 Å². The number of rotatable bonds is 3. The molecule has 2 aliphatic rings. The molecule has 1 amide bonds. The van der Waals surface area contributed by atoms with Gasteiger partial charge < -0.3 is 9.80 Å². The molecule has 0 bridgehead atoms. The molecule has 2 saturated heterocycles. The summed E-state index contributed by atoms with van der Waals surface area (Å²) in [5, 5.41) is 12.8. The van der Waals surface area contributed by atoms with E-state index in [1.54, 1.807) is 4.52 Å². The Bertz CT molecular complexity index is 749. The Morgan fingerprint density at radius 2 is 1.92 bits per heavy atom. The number of amides is 1. The van der Waals surface area contributed by atoms with Gasteiger partial charge in [0.15, 0.2) is 11.5 Å². The second-order valence-electron chi connectivity index (χ2n) is 6.84. The number of aryl methyl sites for hydroxylation is 1. The summed E-state index contributed by atoms with van der Waals surface area (Å²) in [6, 6.07) is 3.98. The molecular weight excluding hydrogens is 336 g/mol. The van der Waals surface area contributed by atoms with Gasteiger partial charge >= 0.3 is 0 Å². The predicted molar refractivity (Wildman–Crippen MR) is 99.0 cm³/mol. The van der Waals surface area contributed by atoms with Gasteiger partial charge in [-0.15, -0.1) is 15.3 Å². The third kappa shape index (κ3) is 3.58. The van der Waals surface area contributed by atoms with E-state index in [2.05, 4.69) is 20.2 Å². The third-order valence-corrected chi connectivity index (χ3v) is 6.11. The maximum atomic E-state index is 12.4. The highest BCUT2D eigenvalue weighted by Crippen LogP contribution is 2.25. The van der Waals surface area contributed by atoms with Gasteiger partial charge in [0.2, 0.25) is 5.91 Å². The fourth-order valence-electron chi connectivity index (χ4n) is 3.61. The maximum absolute atomic E-state index is 12.4. The average molecular weight is 360 g/mol. The zero-order chi connectivity index (χ0) is 17.2. The largest absolute Gasteiger partial charge is 0.355 e. The molecule has 2 aliphatic heterocycles. The first kappa shape index (κ1) is 16.6. The SMILES string of the molecule is Cc1nnc2ccc(N3CCC(CC(=O)N4CCSCC4)CC3)nn12. The fourth-order valence-corrected chi connectivity index (χ4v) is 4.51. The number of hydrogen-bond acceptors (Lipinski definition) is 6. The molecule has 0 saturated carbocycles. The zero-order valence-corrected chi connectivity index (χ0v) is 15.4. The minimum atomic E-state index is 0.346. The molecule has 4 heterocycles. The van der Waals surface area contributed by atoms with Crippen molar-refractivity contribution in [1.29, 1.82) is 0 Å². The van der Waals surface area contributed by atoms with Crippen molar-refractivity contribution in [3.05, 3.63) is 18.0 Å². The summed E-state index contributed by atoms with van der Waals surface area (Å²) in [6.07, 6.45) is 2.81. The molecule has 0 spiro atoms. The fraction of sp³-hybridized carbons (Fsp3) is 0.647. The summed E-state index contributed by atoms with van der Waals surface area (Å²) in [5.74, 6) is 4.78. The summed E-state index contributed by atoms with van der Waals surface area (Å²) in [7, 11) is 0. The molecule has 0 aromatic carbocycles. The predicted octanol–water partition coefficient (Wildman–Crippen LogP) is 1.61. The molecule has 0 unspecified atom stereocenters. The Balaban J connectivity index is 1.34. The second-order valence-corrected chi connectivity index (χ2v) is 8.06. The molecular formula is C17H24N6OS. The third-order valence-electron chi connectivity index (χ3n) is 5.17. The highest BCUT2D eigenvalue weighted by atomic mass is 32.2. The topological polar surface area (TPSA) is 66.6 Å². The van der Waals surface area contributed by atoms with E-state index in [0.717, 1.165) is 67.8 Å². The first-order chi connectivity index (χ1) is 12.2. The monoisotopic (exact) mass is 360 g/mol. The number of piperidine rings is 1. The summed E-state index contributed by atoms with van der Waals surface area (Å²) in [5.41, 5.74) is 0.779. The van der Waals surface area contributed by atoms with E-state index in [4.69, 9.17) is 0 Å². The van der Waals surface area contributed by atoms with Crippen molar-refractivity contribution in [3.63, 3.8) is 0 Å². The van der Waals surface area contributed by atoms with Crippen LogP contribution in [0.5, 0.6) is 0 Å². The lowest BCUT2D eigenvalue weighted by Gasteiger charge is -2.34. The average Bonchev–Trinajstić information content (AvgIpc) is 3.03. The molecule has 0 N–H and O–H groups in total. The molecule has 4 rings (SSSR count). The summed E-state index contributed by atoms with van der Waals surface area (Å²) >= 11 is 1.94. The van der Waals surface area contributed by atoms with Crippen molar-refractivity contribution in [1.82, 2.24) is 24.7 Å². The van der Waals surface area contributed by atoms with Crippen molar-refractivity contribution >= 4 is 29.1 Å². The lowest BCUT2D eigenvalue weighted by Crippen LogP contribution is -2.40. The zero-order valence-electron chi connectivity index (χ0n) is 14.6. The van der Waals surface area contributed by atoms with Crippen LogP contribution in [0.2, 0.25) is 0 Å². The highest BCUT2D eigenvalue weighted by molar-refractivity contribution is 7.99. The lowest BCUT2D eigenvalue weighted by atomic mass is 9.93. The van der Waals surface area contributed by atoms with Crippen LogP contribution in [0, 0.1) is 12.8 Å². The molecule has 134 valence electrons. The van der Waals surface area contributed by atoms with Crippen molar-refractivity contribution < 1.29 is 4.79 Å². The van der Waals surface area contributed by atoms with Crippen LogP contribution in [0.25, 0.3) is 5.65 Å². The van der Waals surface area contributed by atoms with Crippen LogP contribution in [0.4, 0.5) is 5.82 Å². The van der Waals surface area contributed by atoms with Crippen LogP contribution in [-0.2, 0) is 4.79 Å². The Kier molecular flexibility index (Phi) is 4.78. The van der Waals surface area contributed by atoms with E-state index in [1.807, 2.05) is 35.7 Å². The summed E-state index contributed by atoms with van der Waals surface area (Å²) < 4.78 is 1.79. The van der Waals surface area contributed by atoms with Gasteiger partial charge in [-0.25, -0.2) is 0 Å². The number of hydrogen-bond donors (Lipinski definition) is 0. The van der Waals surface area contributed by atoms with E-state index < -0.39 is 0 Å². The molecule has 7 nitrogen and oxygen atoms in total. The first-order valence-corrected chi connectivity index (χ1v) is 10.2. The van der Waals surface area contributed by atoms with Crippen molar-refractivity contribution in [2.24, 2.45) is 5.92 Å². The minimum absolute atomic E-state index is 0.346. The van der Waals surface area contributed by atoms with Crippen LogP contribution < -0.4 is 4.90 Å². The Hall–Kier alpha value is -1.83. The molecule has 0 radical (unpaired) electrons. The number of thioether (sulfide) groups is 1. The lowest BCUT2D eigenvalue weighted by molar-refractivity contribution is -0.132. The quantitative estimate of drug-likeness (QED) is 0.829. The van der Waals surface area contributed by atoms with Gasteiger partial charge in [-0.3, -0.25) is 4.79 Å². The number of carbonyl (C=O) groups is 1. The summed E-state index contributed by atoms with van der Waals surface area (Å²) in [6.45, 7) is 5.66. The first-order valence-electron chi connectivity index (χ1n) is 9.00. The molecule has 8 heteroatoms. The standard InChI is InChI=1S/C17H24N6OS/c1-13-18-19-15-2-3-16(20-23(13)15)21-6-4-14(5-7-21)12-17(24)22-8-10-25-11-9-22/h2-3,14H,4-12H2,1H3. The van der Waals surface area contributed by atoms with Gasteiger partial charge in [0.25, 0.3) is 0 Å². The van der Waals surface area contributed by atoms with Crippen LogP contribution in [-0.4, -0.2) is 68.3 Å². The Labute approximate surface area is 151 Å². The number of anilines is 1. The van der Waals surface area contributed by atoms with Crippen LogP contribution in [0.3, 0.4) is 0 Å². The van der Waals surface area contributed by atoms with Gasteiger partial charge in [0.05, 0.1) is 0 Å². The van der Waals surface area contributed by atoms with Crippen LogP contribution in [0.15, 0.2) is 12.1 Å². The maximum Gasteiger partial charge on any atom is 0.222 e. The normalized spacial score (nSPS) is 19.6. The van der Waals surface area contributed by atoms with Gasteiger partial charge in [-0.1, -0.05) is 0 Å². The molecule has 2 fully saturated rings. The molecule has 0 atom stereocenters. The second kappa shape index (κ2) is 7.19. The van der Waals surface area contributed by atoms with Gasteiger partial charge in [-0.05, 0) is 37.8 Å². The highest BCUT2D eigenvalue weighted by Gasteiger charge is 2.25. The number of aromatic nitrogens is 4. The summed E-state index contributed by atoms with van der Waals surface area (Å²) in [4.78, 5) is 16.8. The number of carbonyl (C=O) groups excluding carboxylic acids is 1. The molecule has 25 heavy (non-hydrogen) atoms. The van der Waals surface area contributed by atoms with E-state index in [1.165, 1.54) is 0 Å². The van der Waals surface area contributed by atoms with E-state index in [0.29, 0.717) is 18.2 Å². The van der Waals surface area contributed by atoms with E-state index >= 15 is 0 Å². The Morgan fingerprint density at radius 3 is 2.68 bits per heavy atom. The van der Waals surface area contributed by atoms with E-state index in [9.17, 15) is 4.79 Å². The van der Waals surface area contributed by atoms with E-state index in [-0.39, 0.29) is 0 Å².